The van der Waals surface area contributed by atoms with E-state index < -0.39 is 11.9 Å². The monoisotopic (exact) mass is 307 g/mol. The predicted octanol–water partition coefficient (Wildman–Crippen LogP) is 2.19. The lowest BCUT2D eigenvalue weighted by atomic mass is 9.95. The molecular formula is C17H22FNO3. The van der Waals surface area contributed by atoms with Gasteiger partial charge in [0.05, 0.1) is 0 Å². The number of hydrogen-bond acceptors (Lipinski definition) is 3. The summed E-state index contributed by atoms with van der Waals surface area (Å²) in [4.78, 5) is 12.4. The number of aliphatic hydroxyl groups is 1. The van der Waals surface area contributed by atoms with Crippen molar-refractivity contribution in [1.82, 2.24) is 5.32 Å². The van der Waals surface area contributed by atoms with Crippen molar-refractivity contribution in [3.05, 3.63) is 29.6 Å². The van der Waals surface area contributed by atoms with E-state index in [9.17, 15) is 14.3 Å². The van der Waals surface area contributed by atoms with Crippen LogP contribution < -0.4 is 10.1 Å². The van der Waals surface area contributed by atoms with E-state index in [1.54, 1.807) is 12.1 Å². The number of nitrogens with one attached hydrogen (secondary N) is 1. The third-order valence-electron chi connectivity index (χ3n) is 4.73. The van der Waals surface area contributed by atoms with Gasteiger partial charge < -0.3 is 15.2 Å². The third kappa shape index (κ3) is 3.09. The van der Waals surface area contributed by atoms with Crippen molar-refractivity contribution in [3.63, 3.8) is 0 Å². The Bertz CT molecular complexity index is 549. The molecule has 1 aliphatic heterocycles. The number of amides is 1. The Labute approximate surface area is 129 Å². The minimum Gasteiger partial charge on any atom is -0.477 e. The molecule has 1 saturated carbocycles. The van der Waals surface area contributed by atoms with E-state index in [0.717, 1.165) is 37.7 Å². The minimum absolute atomic E-state index is 0.0165. The third-order valence-corrected chi connectivity index (χ3v) is 4.73. The highest BCUT2D eigenvalue weighted by Gasteiger charge is 2.33. The van der Waals surface area contributed by atoms with Crippen LogP contribution in [0.1, 0.15) is 37.7 Å². The van der Waals surface area contributed by atoms with Crippen LogP contribution in [0.4, 0.5) is 4.39 Å². The van der Waals surface area contributed by atoms with Gasteiger partial charge in [0.25, 0.3) is 5.91 Å². The molecule has 1 aliphatic carbocycles. The molecule has 3 unspecified atom stereocenters. The molecule has 1 aromatic carbocycles. The number of hydrogen-bond donors (Lipinski definition) is 2. The maximum absolute atomic E-state index is 13.7. The van der Waals surface area contributed by atoms with E-state index >= 15 is 0 Å². The lowest BCUT2D eigenvalue weighted by molar-refractivity contribution is -0.128. The van der Waals surface area contributed by atoms with Gasteiger partial charge in [-0.15, -0.1) is 0 Å². The molecule has 1 aromatic rings. The van der Waals surface area contributed by atoms with E-state index in [0.29, 0.717) is 6.42 Å². The molecule has 0 radical (unpaired) electrons. The number of carbonyl (C=O) groups is 1. The number of aliphatic hydroxyl groups excluding tert-OH is 1. The number of ether oxygens (including phenoxy) is 1. The van der Waals surface area contributed by atoms with Gasteiger partial charge in [-0.1, -0.05) is 31.4 Å². The topological polar surface area (TPSA) is 58.6 Å². The van der Waals surface area contributed by atoms with Gasteiger partial charge in [0.15, 0.2) is 17.7 Å². The molecular weight excluding hydrogens is 285 g/mol. The van der Waals surface area contributed by atoms with Crippen molar-refractivity contribution in [2.24, 2.45) is 5.92 Å². The van der Waals surface area contributed by atoms with Crippen molar-refractivity contribution in [3.8, 4) is 5.75 Å². The van der Waals surface area contributed by atoms with Crippen LogP contribution in [-0.2, 0) is 11.2 Å². The van der Waals surface area contributed by atoms with E-state index in [1.165, 1.54) is 6.07 Å². The minimum atomic E-state index is -0.672. The highest BCUT2D eigenvalue weighted by Crippen LogP contribution is 2.32. The number of benzene rings is 1. The molecule has 0 spiro atoms. The zero-order valence-corrected chi connectivity index (χ0v) is 12.6. The van der Waals surface area contributed by atoms with Crippen molar-refractivity contribution < 1.29 is 19.0 Å². The molecule has 5 heteroatoms. The van der Waals surface area contributed by atoms with Crippen molar-refractivity contribution in [1.29, 1.82) is 0 Å². The number of para-hydroxylation sites is 1. The van der Waals surface area contributed by atoms with Crippen LogP contribution in [0.2, 0.25) is 0 Å². The summed E-state index contributed by atoms with van der Waals surface area (Å²) in [5, 5.41) is 12.5. The van der Waals surface area contributed by atoms with E-state index in [1.807, 2.05) is 0 Å². The van der Waals surface area contributed by atoms with Crippen LogP contribution in [0.3, 0.4) is 0 Å². The van der Waals surface area contributed by atoms with E-state index in [2.05, 4.69) is 5.32 Å². The zero-order chi connectivity index (χ0) is 15.5. The van der Waals surface area contributed by atoms with Crippen LogP contribution >= 0.6 is 0 Å². The highest BCUT2D eigenvalue weighted by molar-refractivity contribution is 5.82. The molecule has 22 heavy (non-hydrogen) atoms. The van der Waals surface area contributed by atoms with Gasteiger partial charge in [0.2, 0.25) is 0 Å². The number of fused-ring (bicyclic) bond motifs is 1. The van der Waals surface area contributed by atoms with Crippen LogP contribution in [0.5, 0.6) is 5.75 Å². The maximum Gasteiger partial charge on any atom is 0.261 e. The van der Waals surface area contributed by atoms with Crippen LogP contribution in [0.15, 0.2) is 18.2 Å². The zero-order valence-electron chi connectivity index (χ0n) is 12.6. The Morgan fingerprint density at radius 3 is 2.91 bits per heavy atom. The molecule has 0 bridgehead atoms. The fourth-order valence-electron chi connectivity index (χ4n) is 3.44. The van der Waals surface area contributed by atoms with Gasteiger partial charge in [-0.2, -0.15) is 0 Å². The molecule has 0 aromatic heterocycles. The van der Waals surface area contributed by atoms with E-state index in [-0.39, 0.29) is 30.2 Å². The van der Waals surface area contributed by atoms with Crippen LogP contribution in [0, 0.1) is 11.7 Å². The second kappa shape index (κ2) is 6.65. The molecule has 1 amide bonds. The molecule has 1 heterocycles. The summed E-state index contributed by atoms with van der Waals surface area (Å²) in [6.07, 6.45) is 4.83. The predicted molar refractivity (Wildman–Crippen MR) is 80.1 cm³/mol. The lowest BCUT2D eigenvalue weighted by Gasteiger charge is -2.25. The van der Waals surface area contributed by atoms with Gasteiger partial charge in [0, 0.05) is 30.6 Å². The van der Waals surface area contributed by atoms with Gasteiger partial charge in [-0.25, -0.2) is 4.39 Å². The van der Waals surface area contributed by atoms with Gasteiger partial charge >= 0.3 is 0 Å². The van der Waals surface area contributed by atoms with Crippen LogP contribution in [0.25, 0.3) is 0 Å². The first-order valence-corrected chi connectivity index (χ1v) is 8.04. The molecule has 2 N–H and O–H groups in total. The molecule has 120 valence electrons. The normalized spacial score (nSPS) is 27.6. The average molecular weight is 307 g/mol. The molecule has 1 fully saturated rings. The lowest BCUT2D eigenvalue weighted by Crippen LogP contribution is -2.47. The summed E-state index contributed by atoms with van der Waals surface area (Å²) >= 11 is 0. The number of rotatable bonds is 3. The highest BCUT2D eigenvalue weighted by atomic mass is 19.1. The summed E-state index contributed by atoms with van der Waals surface area (Å²) in [6.45, 7) is 0.0886. The molecule has 4 nitrogen and oxygen atoms in total. The van der Waals surface area contributed by atoms with Crippen molar-refractivity contribution in [2.45, 2.75) is 50.7 Å². The fourth-order valence-corrected chi connectivity index (χ4v) is 3.44. The van der Waals surface area contributed by atoms with Gasteiger partial charge in [-0.05, 0) is 18.9 Å². The number of halogens is 1. The number of carbonyl (C=O) groups excluding carboxylic acids is 1. The first-order chi connectivity index (χ1) is 10.7. The summed E-state index contributed by atoms with van der Waals surface area (Å²) in [5.74, 6) is -0.328. The molecule has 3 atom stereocenters. The fraction of sp³-hybridized carbons (Fsp3) is 0.588. The Kier molecular flexibility index (Phi) is 4.62. The first-order valence-electron chi connectivity index (χ1n) is 8.04. The van der Waals surface area contributed by atoms with Gasteiger partial charge in [-0.3, -0.25) is 4.79 Å². The summed E-state index contributed by atoms with van der Waals surface area (Å²) < 4.78 is 19.2. The average Bonchev–Trinajstić information content (AvgIpc) is 2.84. The quantitative estimate of drug-likeness (QED) is 0.842. The Morgan fingerprint density at radius 2 is 2.14 bits per heavy atom. The Hall–Kier alpha value is -1.62. The first kappa shape index (κ1) is 15.3. The van der Waals surface area contributed by atoms with Crippen molar-refractivity contribution in [2.75, 3.05) is 6.61 Å². The molecule has 3 rings (SSSR count). The molecule has 0 saturated heterocycles. The van der Waals surface area contributed by atoms with Crippen molar-refractivity contribution >= 4 is 5.91 Å². The van der Waals surface area contributed by atoms with Crippen LogP contribution in [-0.4, -0.2) is 29.8 Å². The summed E-state index contributed by atoms with van der Waals surface area (Å²) in [5.41, 5.74) is 0.736. The SMILES string of the molecule is O=C(NC1CCCCCC1CO)C1Cc2cccc(F)c2O1. The molecule has 2 aliphatic rings. The second-order valence-corrected chi connectivity index (χ2v) is 6.23. The second-order valence-electron chi connectivity index (χ2n) is 6.23. The Morgan fingerprint density at radius 1 is 1.32 bits per heavy atom. The largest absolute Gasteiger partial charge is 0.477 e. The Balaban J connectivity index is 1.64. The standard InChI is InChI=1S/C17H22FNO3/c18-13-7-4-6-11-9-15(22-16(11)13)17(21)19-14-8-3-1-2-5-12(14)10-20/h4,6-7,12,14-15,20H,1-3,5,8-10H2,(H,19,21). The van der Waals surface area contributed by atoms with Gasteiger partial charge in [0.1, 0.15) is 0 Å². The summed E-state index contributed by atoms with van der Waals surface area (Å²) in [7, 11) is 0. The smallest absolute Gasteiger partial charge is 0.261 e. The maximum atomic E-state index is 13.7. The summed E-state index contributed by atoms with van der Waals surface area (Å²) in [6, 6.07) is 4.74. The van der Waals surface area contributed by atoms with E-state index in [4.69, 9.17) is 4.74 Å².